The van der Waals surface area contributed by atoms with Gasteiger partial charge in [-0.15, -0.1) is 0 Å². The van der Waals surface area contributed by atoms with Gasteiger partial charge in [0.15, 0.2) is 0 Å². The van der Waals surface area contributed by atoms with E-state index < -0.39 is 0 Å². The van der Waals surface area contributed by atoms with Crippen LogP contribution in [0, 0.1) is 0 Å². The molecule has 4 nitrogen and oxygen atoms in total. The molecule has 1 aromatic carbocycles. The molecule has 0 radical (unpaired) electrons. The molecule has 0 spiro atoms. The zero-order valence-corrected chi connectivity index (χ0v) is 11.9. The topological polar surface area (TPSA) is 57.8 Å². The van der Waals surface area contributed by atoms with Crippen molar-refractivity contribution in [3.63, 3.8) is 0 Å². The smallest absolute Gasteiger partial charge is 0.244 e. The van der Waals surface area contributed by atoms with Gasteiger partial charge in [-0.3, -0.25) is 9.78 Å². The molecule has 2 N–H and O–H groups in total. The first-order chi connectivity index (χ1) is 10.3. The third-order valence-corrected chi connectivity index (χ3v) is 3.37. The Morgan fingerprint density at radius 3 is 3.00 bits per heavy atom. The maximum atomic E-state index is 11.6. The first-order valence-corrected chi connectivity index (χ1v) is 7.10. The lowest BCUT2D eigenvalue weighted by Crippen LogP contribution is -2.21. The molecular formula is C17H17N3O. The molecule has 0 saturated heterocycles. The first kappa shape index (κ1) is 13.4. The second kappa shape index (κ2) is 5.79. The minimum absolute atomic E-state index is 0.0855. The Bertz CT molecular complexity index is 817. The molecule has 0 aliphatic heterocycles. The number of aromatic amines is 1. The molecule has 0 saturated carbocycles. The SMILES string of the molecule is CCCNC(=O)/C=C/c1cc2c(cn1)[nH]c1ccccc12. The first-order valence-electron chi connectivity index (χ1n) is 7.10. The van der Waals surface area contributed by atoms with Crippen molar-refractivity contribution >= 4 is 33.8 Å². The van der Waals surface area contributed by atoms with Gasteiger partial charge in [0.2, 0.25) is 5.91 Å². The van der Waals surface area contributed by atoms with Crippen molar-refractivity contribution in [2.45, 2.75) is 13.3 Å². The molecule has 3 rings (SSSR count). The van der Waals surface area contributed by atoms with Crippen LogP contribution in [0.5, 0.6) is 0 Å². The molecule has 0 aliphatic carbocycles. The number of carbonyl (C=O) groups excluding carboxylic acids is 1. The third-order valence-electron chi connectivity index (χ3n) is 3.37. The fraction of sp³-hybridized carbons (Fsp3) is 0.176. The van der Waals surface area contributed by atoms with Crippen LogP contribution in [0.2, 0.25) is 0 Å². The Hall–Kier alpha value is -2.62. The van der Waals surface area contributed by atoms with Crippen LogP contribution >= 0.6 is 0 Å². The number of amides is 1. The highest BCUT2D eigenvalue weighted by Crippen LogP contribution is 2.25. The average molecular weight is 279 g/mol. The summed E-state index contributed by atoms with van der Waals surface area (Å²) in [6, 6.07) is 10.1. The second-order valence-electron chi connectivity index (χ2n) is 4.95. The quantitative estimate of drug-likeness (QED) is 0.720. The fourth-order valence-corrected chi connectivity index (χ4v) is 2.33. The summed E-state index contributed by atoms with van der Waals surface area (Å²) in [5.74, 6) is -0.0855. The standard InChI is InChI=1S/C17H17N3O/c1-2-9-18-17(21)8-7-12-10-14-13-5-3-4-6-15(13)20-16(14)11-19-12/h3-8,10-11,20H,2,9H2,1H3,(H,18,21)/b8-7+. The average Bonchev–Trinajstić information content (AvgIpc) is 2.89. The van der Waals surface area contributed by atoms with Gasteiger partial charge >= 0.3 is 0 Å². The Balaban J connectivity index is 1.92. The third kappa shape index (κ3) is 2.79. The second-order valence-corrected chi connectivity index (χ2v) is 4.95. The molecule has 3 aromatic rings. The van der Waals surface area contributed by atoms with Crippen molar-refractivity contribution in [1.29, 1.82) is 0 Å². The highest BCUT2D eigenvalue weighted by molar-refractivity contribution is 6.07. The predicted octanol–water partition coefficient (Wildman–Crippen LogP) is 3.26. The summed E-state index contributed by atoms with van der Waals surface area (Å²) in [5.41, 5.74) is 2.87. The summed E-state index contributed by atoms with van der Waals surface area (Å²) in [4.78, 5) is 19.3. The molecule has 21 heavy (non-hydrogen) atoms. The van der Waals surface area contributed by atoms with Gasteiger partial charge in [0.05, 0.1) is 17.4 Å². The number of rotatable bonds is 4. The lowest BCUT2D eigenvalue weighted by molar-refractivity contribution is -0.116. The highest BCUT2D eigenvalue weighted by atomic mass is 16.1. The number of nitrogens with one attached hydrogen (secondary N) is 2. The maximum absolute atomic E-state index is 11.6. The van der Waals surface area contributed by atoms with E-state index in [4.69, 9.17) is 0 Å². The zero-order valence-electron chi connectivity index (χ0n) is 11.9. The fourth-order valence-electron chi connectivity index (χ4n) is 2.33. The molecular weight excluding hydrogens is 262 g/mol. The number of benzene rings is 1. The molecule has 4 heteroatoms. The van der Waals surface area contributed by atoms with Gasteiger partial charge in [-0.25, -0.2) is 0 Å². The van der Waals surface area contributed by atoms with E-state index in [1.165, 1.54) is 11.5 Å². The minimum atomic E-state index is -0.0855. The molecule has 0 aliphatic rings. The van der Waals surface area contributed by atoms with Crippen molar-refractivity contribution in [3.8, 4) is 0 Å². The number of H-pyrrole nitrogens is 1. The summed E-state index contributed by atoms with van der Waals surface area (Å²) in [6.45, 7) is 2.72. The van der Waals surface area contributed by atoms with Gasteiger partial charge in [0, 0.05) is 28.9 Å². The van der Waals surface area contributed by atoms with Gasteiger partial charge in [0.25, 0.3) is 0 Å². The van der Waals surface area contributed by atoms with Crippen LogP contribution in [-0.2, 0) is 4.79 Å². The number of pyridine rings is 1. The number of nitrogens with zero attached hydrogens (tertiary/aromatic N) is 1. The molecule has 2 heterocycles. The van der Waals surface area contributed by atoms with Crippen LogP contribution in [0.1, 0.15) is 19.0 Å². The Kier molecular flexibility index (Phi) is 3.69. The van der Waals surface area contributed by atoms with E-state index in [2.05, 4.69) is 21.4 Å². The van der Waals surface area contributed by atoms with Gasteiger partial charge in [0.1, 0.15) is 0 Å². The monoisotopic (exact) mass is 279 g/mol. The van der Waals surface area contributed by atoms with E-state index in [9.17, 15) is 4.79 Å². The van der Waals surface area contributed by atoms with E-state index in [0.717, 1.165) is 28.5 Å². The van der Waals surface area contributed by atoms with Gasteiger partial charge < -0.3 is 10.3 Å². The number of fused-ring (bicyclic) bond motifs is 3. The molecule has 0 bridgehead atoms. The maximum Gasteiger partial charge on any atom is 0.244 e. The van der Waals surface area contributed by atoms with Crippen LogP contribution in [-0.4, -0.2) is 22.4 Å². The molecule has 106 valence electrons. The Morgan fingerprint density at radius 2 is 2.14 bits per heavy atom. The van der Waals surface area contributed by atoms with Crippen LogP contribution in [0.4, 0.5) is 0 Å². The van der Waals surface area contributed by atoms with E-state index >= 15 is 0 Å². The molecule has 0 fully saturated rings. The van der Waals surface area contributed by atoms with Gasteiger partial charge in [-0.2, -0.15) is 0 Å². The summed E-state index contributed by atoms with van der Waals surface area (Å²) < 4.78 is 0. The zero-order chi connectivity index (χ0) is 14.7. The van der Waals surface area contributed by atoms with E-state index in [0.29, 0.717) is 6.54 Å². The number of carbonyl (C=O) groups is 1. The number of para-hydroxylation sites is 1. The number of hydrogen-bond acceptors (Lipinski definition) is 2. The molecule has 0 unspecified atom stereocenters. The van der Waals surface area contributed by atoms with Crippen LogP contribution in [0.15, 0.2) is 42.6 Å². The minimum Gasteiger partial charge on any atom is -0.353 e. The van der Waals surface area contributed by atoms with Crippen molar-refractivity contribution in [2.24, 2.45) is 0 Å². The highest BCUT2D eigenvalue weighted by Gasteiger charge is 2.04. The van der Waals surface area contributed by atoms with Crippen molar-refractivity contribution in [1.82, 2.24) is 15.3 Å². The largest absolute Gasteiger partial charge is 0.353 e. The number of hydrogen-bond donors (Lipinski definition) is 2. The van der Waals surface area contributed by atoms with Crippen molar-refractivity contribution in [2.75, 3.05) is 6.54 Å². The normalized spacial score (nSPS) is 11.5. The van der Waals surface area contributed by atoms with Crippen molar-refractivity contribution in [3.05, 3.63) is 48.3 Å². The molecule has 0 atom stereocenters. The van der Waals surface area contributed by atoms with Crippen molar-refractivity contribution < 1.29 is 4.79 Å². The van der Waals surface area contributed by atoms with E-state index in [1.54, 1.807) is 12.3 Å². The lowest BCUT2D eigenvalue weighted by Gasteiger charge is -1.98. The summed E-state index contributed by atoms with van der Waals surface area (Å²) in [6.07, 6.45) is 6.00. The summed E-state index contributed by atoms with van der Waals surface area (Å²) >= 11 is 0. The lowest BCUT2D eigenvalue weighted by atomic mass is 10.1. The summed E-state index contributed by atoms with van der Waals surface area (Å²) in [5, 5.41) is 5.09. The van der Waals surface area contributed by atoms with Crippen LogP contribution in [0.25, 0.3) is 27.9 Å². The predicted molar refractivity (Wildman–Crippen MR) is 85.9 cm³/mol. The van der Waals surface area contributed by atoms with Crippen LogP contribution < -0.4 is 5.32 Å². The molecule has 2 aromatic heterocycles. The van der Waals surface area contributed by atoms with E-state index in [-0.39, 0.29) is 5.91 Å². The summed E-state index contributed by atoms with van der Waals surface area (Å²) in [7, 11) is 0. The Morgan fingerprint density at radius 1 is 1.29 bits per heavy atom. The van der Waals surface area contributed by atoms with Gasteiger partial charge in [-0.1, -0.05) is 25.1 Å². The van der Waals surface area contributed by atoms with E-state index in [1.807, 2.05) is 31.2 Å². The Labute approximate surface area is 122 Å². The number of aromatic nitrogens is 2. The molecule has 1 amide bonds. The van der Waals surface area contributed by atoms with Gasteiger partial charge in [-0.05, 0) is 24.6 Å². The van der Waals surface area contributed by atoms with Crippen LogP contribution in [0.3, 0.4) is 0 Å².